The van der Waals surface area contributed by atoms with E-state index in [0.717, 1.165) is 6.42 Å². The number of hydrogen-bond acceptors (Lipinski definition) is 1. The summed E-state index contributed by atoms with van der Waals surface area (Å²) >= 11 is 0. The number of aliphatic imine (C=N–C) groups is 1. The minimum Gasteiger partial charge on any atom is -0.289 e. The molecule has 1 heteroatoms. The molecule has 68 valence electrons. The SMILES string of the molecule is CC(C)C1=CCC=NC1C(C)C. The number of nitrogens with zero attached hydrogens (tertiary/aromatic N) is 1. The maximum Gasteiger partial charge on any atom is 0.0730 e. The van der Waals surface area contributed by atoms with Gasteiger partial charge in [-0.15, -0.1) is 0 Å². The van der Waals surface area contributed by atoms with E-state index in [4.69, 9.17) is 0 Å². The van der Waals surface area contributed by atoms with Gasteiger partial charge in [0, 0.05) is 12.6 Å². The molecule has 0 radical (unpaired) electrons. The lowest BCUT2D eigenvalue weighted by Gasteiger charge is -2.25. The topological polar surface area (TPSA) is 12.4 Å². The lowest BCUT2D eigenvalue weighted by atomic mass is 9.87. The Balaban J connectivity index is 2.76. The molecule has 0 N–H and O–H groups in total. The molecule has 0 bridgehead atoms. The van der Waals surface area contributed by atoms with Gasteiger partial charge in [-0.2, -0.15) is 0 Å². The quantitative estimate of drug-likeness (QED) is 0.558. The predicted molar refractivity (Wildman–Crippen MR) is 54.7 cm³/mol. The van der Waals surface area contributed by atoms with Gasteiger partial charge in [0.25, 0.3) is 0 Å². The van der Waals surface area contributed by atoms with Crippen molar-refractivity contribution in [2.24, 2.45) is 16.8 Å². The minimum atomic E-state index is 0.443. The summed E-state index contributed by atoms with van der Waals surface area (Å²) in [5.41, 5.74) is 1.52. The largest absolute Gasteiger partial charge is 0.289 e. The maximum absolute atomic E-state index is 4.54. The third-order valence-electron chi connectivity index (χ3n) is 2.36. The highest BCUT2D eigenvalue weighted by Crippen LogP contribution is 2.25. The first-order valence-electron chi connectivity index (χ1n) is 4.84. The Kier molecular flexibility index (Phi) is 3.07. The molecule has 0 aromatic carbocycles. The fourth-order valence-electron chi connectivity index (χ4n) is 1.70. The summed E-state index contributed by atoms with van der Waals surface area (Å²) in [4.78, 5) is 4.54. The maximum atomic E-state index is 4.54. The molecule has 1 unspecified atom stereocenters. The zero-order chi connectivity index (χ0) is 9.14. The molecular weight excluding hydrogens is 146 g/mol. The summed E-state index contributed by atoms with van der Waals surface area (Å²) in [7, 11) is 0. The molecule has 1 aliphatic heterocycles. The molecule has 0 aromatic heterocycles. The fraction of sp³-hybridized carbons (Fsp3) is 0.727. The second-order valence-electron chi connectivity index (χ2n) is 4.12. The second kappa shape index (κ2) is 3.88. The van der Waals surface area contributed by atoms with Gasteiger partial charge in [0.05, 0.1) is 6.04 Å². The molecule has 0 saturated heterocycles. The first kappa shape index (κ1) is 9.50. The third-order valence-corrected chi connectivity index (χ3v) is 2.36. The van der Waals surface area contributed by atoms with Gasteiger partial charge >= 0.3 is 0 Å². The highest BCUT2D eigenvalue weighted by atomic mass is 14.8. The molecule has 1 rings (SSSR count). The van der Waals surface area contributed by atoms with E-state index in [1.807, 2.05) is 6.21 Å². The Morgan fingerprint density at radius 2 is 2.00 bits per heavy atom. The van der Waals surface area contributed by atoms with Crippen molar-refractivity contribution < 1.29 is 0 Å². The molecule has 1 nitrogen and oxygen atoms in total. The fourth-order valence-corrected chi connectivity index (χ4v) is 1.70. The average molecular weight is 165 g/mol. The number of rotatable bonds is 2. The summed E-state index contributed by atoms with van der Waals surface area (Å²) in [6.45, 7) is 8.98. The van der Waals surface area contributed by atoms with Gasteiger partial charge in [-0.05, 0) is 17.4 Å². The van der Waals surface area contributed by atoms with E-state index < -0.39 is 0 Å². The summed E-state index contributed by atoms with van der Waals surface area (Å²) in [6.07, 6.45) is 5.40. The number of hydrogen-bond donors (Lipinski definition) is 0. The molecule has 0 amide bonds. The van der Waals surface area contributed by atoms with Crippen molar-refractivity contribution in [1.29, 1.82) is 0 Å². The molecule has 0 fully saturated rings. The number of allylic oxidation sites excluding steroid dienone is 1. The van der Waals surface area contributed by atoms with Crippen molar-refractivity contribution in [3.63, 3.8) is 0 Å². The van der Waals surface area contributed by atoms with E-state index in [1.165, 1.54) is 5.57 Å². The van der Waals surface area contributed by atoms with Crippen molar-refractivity contribution in [2.75, 3.05) is 0 Å². The molecule has 1 aliphatic rings. The van der Waals surface area contributed by atoms with Crippen LogP contribution < -0.4 is 0 Å². The van der Waals surface area contributed by atoms with Crippen molar-refractivity contribution in [2.45, 2.75) is 40.2 Å². The van der Waals surface area contributed by atoms with Crippen molar-refractivity contribution in [1.82, 2.24) is 0 Å². The van der Waals surface area contributed by atoms with Crippen LogP contribution in [0.25, 0.3) is 0 Å². The van der Waals surface area contributed by atoms with E-state index >= 15 is 0 Å². The highest BCUT2D eigenvalue weighted by molar-refractivity contribution is 5.62. The molecule has 0 aromatic rings. The van der Waals surface area contributed by atoms with E-state index in [9.17, 15) is 0 Å². The van der Waals surface area contributed by atoms with Gasteiger partial charge in [-0.3, -0.25) is 4.99 Å². The zero-order valence-electron chi connectivity index (χ0n) is 8.54. The summed E-state index contributed by atoms with van der Waals surface area (Å²) in [5, 5.41) is 0. The predicted octanol–water partition coefficient (Wildman–Crippen LogP) is 3.07. The first-order valence-corrected chi connectivity index (χ1v) is 4.84. The highest BCUT2D eigenvalue weighted by Gasteiger charge is 2.20. The van der Waals surface area contributed by atoms with Crippen LogP contribution in [0, 0.1) is 11.8 Å². The smallest absolute Gasteiger partial charge is 0.0730 e. The Bertz CT molecular complexity index is 199. The lowest BCUT2D eigenvalue weighted by molar-refractivity contribution is 0.505. The molecule has 12 heavy (non-hydrogen) atoms. The van der Waals surface area contributed by atoms with Crippen LogP contribution in [-0.4, -0.2) is 12.3 Å². The summed E-state index contributed by atoms with van der Waals surface area (Å²) < 4.78 is 0. The van der Waals surface area contributed by atoms with Crippen molar-refractivity contribution >= 4 is 6.21 Å². The molecular formula is C11H19N. The minimum absolute atomic E-state index is 0.443. The van der Waals surface area contributed by atoms with Gasteiger partial charge < -0.3 is 0 Å². The van der Waals surface area contributed by atoms with E-state index in [1.54, 1.807) is 0 Å². The van der Waals surface area contributed by atoms with Crippen LogP contribution >= 0.6 is 0 Å². The lowest BCUT2D eigenvalue weighted by Crippen LogP contribution is -2.21. The first-order chi connectivity index (χ1) is 5.63. The Morgan fingerprint density at radius 3 is 2.42 bits per heavy atom. The van der Waals surface area contributed by atoms with Crippen LogP contribution in [0.5, 0.6) is 0 Å². The molecule has 0 spiro atoms. The van der Waals surface area contributed by atoms with Crippen LogP contribution in [0.2, 0.25) is 0 Å². The Hall–Kier alpha value is -0.590. The van der Waals surface area contributed by atoms with Gasteiger partial charge in [0.1, 0.15) is 0 Å². The van der Waals surface area contributed by atoms with Gasteiger partial charge in [0.15, 0.2) is 0 Å². The van der Waals surface area contributed by atoms with E-state index in [-0.39, 0.29) is 0 Å². The molecule has 1 heterocycles. The van der Waals surface area contributed by atoms with Gasteiger partial charge in [-0.1, -0.05) is 33.8 Å². The zero-order valence-corrected chi connectivity index (χ0v) is 8.54. The van der Waals surface area contributed by atoms with E-state index in [2.05, 4.69) is 38.8 Å². The summed E-state index contributed by atoms with van der Waals surface area (Å²) in [5.74, 6) is 1.28. The van der Waals surface area contributed by atoms with Crippen molar-refractivity contribution in [3.05, 3.63) is 11.6 Å². The van der Waals surface area contributed by atoms with Crippen molar-refractivity contribution in [3.8, 4) is 0 Å². The Morgan fingerprint density at radius 1 is 1.33 bits per heavy atom. The van der Waals surface area contributed by atoms with Gasteiger partial charge in [0.2, 0.25) is 0 Å². The van der Waals surface area contributed by atoms with Crippen LogP contribution in [0.4, 0.5) is 0 Å². The van der Waals surface area contributed by atoms with Gasteiger partial charge in [-0.25, -0.2) is 0 Å². The second-order valence-corrected chi connectivity index (χ2v) is 4.12. The number of dihydropyridines is 1. The van der Waals surface area contributed by atoms with Crippen LogP contribution in [0.1, 0.15) is 34.1 Å². The molecule has 0 saturated carbocycles. The van der Waals surface area contributed by atoms with E-state index in [0.29, 0.717) is 17.9 Å². The third kappa shape index (κ3) is 1.96. The summed E-state index contributed by atoms with van der Waals surface area (Å²) in [6, 6.07) is 0.443. The molecule has 1 atom stereocenters. The van der Waals surface area contributed by atoms with Crippen LogP contribution in [-0.2, 0) is 0 Å². The van der Waals surface area contributed by atoms with Crippen LogP contribution in [0.15, 0.2) is 16.6 Å². The molecule has 0 aliphatic carbocycles. The standard InChI is InChI=1S/C11H19N/c1-8(2)10-6-5-7-12-11(10)9(3)4/h6-9,11H,5H2,1-4H3. The normalized spacial score (nSPS) is 23.5. The Labute approximate surface area is 75.6 Å². The average Bonchev–Trinajstić information content (AvgIpc) is 2.04. The van der Waals surface area contributed by atoms with Crippen LogP contribution in [0.3, 0.4) is 0 Å². The monoisotopic (exact) mass is 165 g/mol.